The summed E-state index contributed by atoms with van der Waals surface area (Å²) in [4.78, 5) is 32.9. The van der Waals surface area contributed by atoms with E-state index >= 15 is 0 Å². The summed E-state index contributed by atoms with van der Waals surface area (Å²) in [6.45, 7) is -0.498. The summed E-state index contributed by atoms with van der Waals surface area (Å²) in [6, 6.07) is -0.373. The molecule has 0 heterocycles. The molecule has 1 fully saturated rings. The van der Waals surface area contributed by atoms with E-state index in [0.717, 1.165) is 25.7 Å². The third kappa shape index (κ3) is 6.19. The molecule has 0 aliphatic heterocycles. The van der Waals surface area contributed by atoms with Crippen LogP contribution in [-0.4, -0.2) is 42.1 Å². The molecular formula is C11H19N3O4. The zero-order valence-corrected chi connectivity index (χ0v) is 10.2. The first kappa shape index (κ1) is 14.4. The van der Waals surface area contributed by atoms with E-state index in [2.05, 4.69) is 16.0 Å². The van der Waals surface area contributed by atoms with E-state index in [4.69, 9.17) is 5.11 Å². The highest BCUT2D eigenvalue weighted by Crippen LogP contribution is 2.16. The molecule has 4 N–H and O–H groups in total. The largest absolute Gasteiger partial charge is 0.480 e. The van der Waals surface area contributed by atoms with E-state index in [1.165, 1.54) is 6.42 Å². The van der Waals surface area contributed by atoms with Crippen LogP contribution >= 0.6 is 0 Å². The minimum Gasteiger partial charge on any atom is -0.480 e. The van der Waals surface area contributed by atoms with Crippen molar-refractivity contribution in [3.05, 3.63) is 0 Å². The van der Waals surface area contributed by atoms with Gasteiger partial charge in [0.25, 0.3) is 0 Å². The second-order valence-corrected chi connectivity index (χ2v) is 4.35. The second-order valence-electron chi connectivity index (χ2n) is 4.35. The third-order valence-electron chi connectivity index (χ3n) is 2.76. The van der Waals surface area contributed by atoms with Gasteiger partial charge in [-0.05, 0) is 12.8 Å². The van der Waals surface area contributed by atoms with Gasteiger partial charge < -0.3 is 10.4 Å². The maximum Gasteiger partial charge on any atom is 0.321 e. The van der Waals surface area contributed by atoms with Crippen LogP contribution in [0.15, 0.2) is 0 Å². The van der Waals surface area contributed by atoms with Gasteiger partial charge in [-0.1, -0.05) is 19.3 Å². The fourth-order valence-corrected chi connectivity index (χ4v) is 1.92. The summed E-state index contributed by atoms with van der Waals surface area (Å²) in [6.07, 6.45) is 5.27. The SMILES string of the molecule is O=C(O)CNCC(=O)NC(=O)NC1CCCCC1. The quantitative estimate of drug-likeness (QED) is 0.546. The first-order valence-corrected chi connectivity index (χ1v) is 6.11. The number of hydrogen-bond acceptors (Lipinski definition) is 4. The highest BCUT2D eigenvalue weighted by molar-refractivity contribution is 5.95. The molecule has 7 nitrogen and oxygen atoms in total. The Hall–Kier alpha value is -1.63. The molecule has 0 atom stereocenters. The molecule has 0 bridgehead atoms. The molecule has 3 amide bonds. The zero-order chi connectivity index (χ0) is 13.4. The summed E-state index contributed by atoms with van der Waals surface area (Å²) in [5.74, 6) is -1.58. The monoisotopic (exact) mass is 257 g/mol. The molecular weight excluding hydrogens is 238 g/mol. The fraction of sp³-hybridized carbons (Fsp3) is 0.727. The normalized spacial score (nSPS) is 16.0. The molecule has 0 unspecified atom stereocenters. The van der Waals surface area contributed by atoms with Crippen molar-refractivity contribution in [2.24, 2.45) is 0 Å². The molecule has 0 aromatic heterocycles. The maximum absolute atomic E-state index is 11.4. The van der Waals surface area contributed by atoms with Crippen LogP contribution in [-0.2, 0) is 9.59 Å². The van der Waals surface area contributed by atoms with E-state index in [9.17, 15) is 14.4 Å². The fourth-order valence-electron chi connectivity index (χ4n) is 1.92. The van der Waals surface area contributed by atoms with Gasteiger partial charge in [0.05, 0.1) is 13.1 Å². The van der Waals surface area contributed by atoms with E-state index < -0.39 is 17.9 Å². The predicted octanol–water partition coefficient (Wildman–Crippen LogP) is -0.181. The summed E-state index contributed by atoms with van der Waals surface area (Å²) >= 11 is 0. The van der Waals surface area contributed by atoms with E-state index in [-0.39, 0.29) is 19.1 Å². The molecule has 18 heavy (non-hydrogen) atoms. The first-order valence-electron chi connectivity index (χ1n) is 6.11. The summed E-state index contributed by atoms with van der Waals surface area (Å²) in [5, 5.41) is 15.6. The standard InChI is InChI=1S/C11H19N3O4/c15-9(6-12-7-10(16)17)14-11(18)13-8-4-2-1-3-5-8/h8,12H,1-7H2,(H,16,17)(H2,13,14,15,18). The van der Waals surface area contributed by atoms with Crippen LogP contribution < -0.4 is 16.0 Å². The summed E-state index contributed by atoms with van der Waals surface area (Å²) < 4.78 is 0. The summed E-state index contributed by atoms with van der Waals surface area (Å²) in [7, 11) is 0. The molecule has 1 aliphatic carbocycles. The molecule has 0 spiro atoms. The lowest BCUT2D eigenvalue weighted by Crippen LogP contribution is -2.47. The van der Waals surface area contributed by atoms with Gasteiger partial charge in [-0.15, -0.1) is 0 Å². The van der Waals surface area contributed by atoms with Gasteiger partial charge >= 0.3 is 12.0 Å². The van der Waals surface area contributed by atoms with Crippen molar-refractivity contribution in [2.45, 2.75) is 38.1 Å². The number of aliphatic carboxylic acids is 1. The average Bonchev–Trinajstić information content (AvgIpc) is 2.29. The van der Waals surface area contributed by atoms with Crippen molar-refractivity contribution < 1.29 is 19.5 Å². The van der Waals surface area contributed by atoms with E-state index in [1.54, 1.807) is 0 Å². The van der Waals surface area contributed by atoms with E-state index in [0.29, 0.717) is 0 Å². The van der Waals surface area contributed by atoms with Crippen molar-refractivity contribution in [2.75, 3.05) is 13.1 Å². The highest BCUT2D eigenvalue weighted by atomic mass is 16.4. The van der Waals surface area contributed by atoms with Crippen molar-refractivity contribution >= 4 is 17.9 Å². The van der Waals surface area contributed by atoms with Crippen LogP contribution in [0, 0.1) is 0 Å². The Kier molecular flexibility index (Phi) is 6.13. The van der Waals surface area contributed by atoms with Crippen molar-refractivity contribution in [1.29, 1.82) is 0 Å². The third-order valence-corrected chi connectivity index (χ3v) is 2.76. The highest BCUT2D eigenvalue weighted by Gasteiger charge is 2.16. The maximum atomic E-state index is 11.4. The minimum absolute atomic E-state index is 0.138. The number of carbonyl (C=O) groups is 3. The smallest absolute Gasteiger partial charge is 0.321 e. The molecule has 102 valence electrons. The van der Waals surface area contributed by atoms with Gasteiger partial charge in [0.15, 0.2) is 0 Å². The molecule has 7 heteroatoms. The van der Waals surface area contributed by atoms with Crippen molar-refractivity contribution in [1.82, 2.24) is 16.0 Å². The van der Waals surface area contributed by atoms with Crippen molar-refractivity contribution in [3.63, 3.8) is 0 Å². The number of carboxylic acid groups (broad SMARTS) is 1. The Bertz CT molecular complexity index is 313. The zero-order valence-electron chi connectivity index (χ0n) is 10.2. The van der Waals surface area contributed by atoms with Gasteiger partial charge in [-0.3, -0.25) is 20.2 Å². The summed E-state index contributed by atoms with van der Waals surface area (Å²) in [5.41, 5.74) is 0. The first-order chi connectivity index (χ1) is 8.58. The number of imide groups is 1. The Morgan fingerprint density at radius 1 is 1.06 bits per heavy atom. The Morgan fingerprint density at radius 3 is 2.33 bits per heavy atom. The number of hydrogen-bond donors (Lipinski definition) is 4. The van der Waals surface area contributed by atoms with Crippen LogP contribution in [0.2, 0.25) is 0 Å². The Morgan fingerprint density at radius 2 is 1.72 bits per heavy atom. The number of carboxylic acids is 1. The van der Waals surface area contributed by atoms with Gasteiger partial charge in [0.2, 0.25) is 5.91 Å². The van der Waals surface area contributed by atoms with Crippen LogP contribution in [0.1, 0.15) is 32.1 Å². The number of amides is 3. The van der Waals surface area contributed by atoms with Gasteiger partial charge in [-0.2, -0.15) is 0 Å². The molecule has 1 aliphatic rings. The van der Waals surface area contributed by atoms with E-state index in [1.807, 2.05) is 0 Å². The van der Waals surface area contributed by atoms with Crippen molar-refractivity contribution in [3.8, 4) is 0 Å². The number of nitrogens with one attached hydrogen (secondary N) is 3. The molecule has 0 aromatic rings. The predicted molar refractivity (Wildman–Crippen MR) is 64.1 cm³/mol. The lowest BCUT2D eigenvalue weighted by Gasteiger charge is -2.22. The van der Waals surface area contributed by atoms with Gasteiger partial charge in [0.1, 0.15) is 0 Å². The minimum atomic E-state index is -1.05. The number of carbonyl (C=O) groups excluding carboxylic acids is 2. The average molecular weight is 257 g/mol. The molecule has 0 radical (unpaired) electrons. The lowest BCUT2D eigenvalue weighted by atomic mass is 9.96. The number of rotatable bonds is 5. The van der Waals surface area contributed by atoms with Gasteiger partial charge in [0, 0.05) is 6.04 Å². The molecule has 1 rings (SSSR count). The van der Waals surface area contributed by atoms with Crippen LogP contribution in [0.5, 0.6) is 0 Å². The lowest BCUT2D eigenvalue weighted by molar-refractivity contribution is -0.135. The molecule has 0 aromatic carbocycles. The van der Waals surface area contributed by atoms with Gasteiger partial charge in [-0.25, -0.2) is 4.79 Å². The molecule has 0 saturated heterocycles. The van der Waals surface area contributed by atoms with Crippen LogP contribution in [0.3, 0.4) is 0 Å². The topological polar surface area (TPSA) is 108 Å². The molecule has 1 saturated carbocycles. The van der Waals surface area contributed by atoms with Crippen LogP contribution in [0.25, 0.3) is 0 Å². The number of urea groups is 1. The Balaban J connectivity index is 2.14. The Labute approximate surface area is 105 Å². The second kappa shape index (κ2) is 7.65. The van der Waals surface area contributed by atoms with Crippen LogP contribution in [0.4, 0.5) is 4.79 Å².